The molecule has 1 aromatic heterocycles. The maximum Gasteiger partial charge on any atom is 0.264 e. The zero-order chi connectivity index (χ0) is 17.1. The van der Waals surface area contributed by atoms with Crippen molar-refractivity contribution >= 4 is 27.3 Å². The van der Waals surface area contributed by atoms with Gasteiger partial charge in [0.05, 0.1) is 18.0 Å². The number of carbonyl (C=O) groups excluding carboxylic acids is 1. The molecule has 124 valence electrons. The van der Waals surface area contributed by atoms with Gasteiger partial charge >= 0.3 is 0 Å². The summed E-state index contributed by atoms with van der Waals surface area (Å²) in [6.45, 7) is 4.73. The lowest BCUT2D eigenvalue weighted by Crippen LogP contribution is -2.32. The SMILES string of the molecule is CCN(C(=O)c1cc2ccccc2s1)C(C)c1cccc(OC)c1. The number of ether oxygens (including phenoxy) is 1. The van der Waals surface area contributed by atoms with Gasteiger partial charge in [-0.25, -0.2) is 0 Å². The lowest BCUT2D eigenvalue weighted by molar-refractivity contribution is 0.0707. The predicted octanol–water partition coefficient (Wildman–Crippen LogP) is 5.13. The lowest BCUT2D eigenvalue weighted by Gasteiger charge is -2.28. The molecule has 0 saturated heterocycles. The van der Waals surface area contributed by atoms with E-state index >= 15 is 0 Å². The van der Waals surface area contributed by atoms with Gasteiger partial charge in [-0.2, -0.15) is 0 Å². The Balaban J connectivity index is 1.90. The van der Waals surface area contributed by atoms with Gasteiger partial charge in [-0.3, -0.25) is 4.79 Å². The van der Waals surface area contributed by atoms with Gasteiger partial charge in [0.25, 0.3) is 5.91 Å². The molecule has 0 bridgehead atoms. The quantitative estimate of drug-likeness (QED) is 0.644. The molecule has 1 heterocycles. The largest absolute Gasteiger partial charge is 0.497 e. The van der Waals surface area contributed by atoms with E-state index in [1.165, 1.54) is 0 Å². The highest BCUT2D eigenvalue weighted by molar-refractivity contribution is 7.20. The third-order valence-corrected chi connectivity index (χ3v) is 5.39. The van der Waals surface area contributed by atoms with Crippen molar-refractivity contribution in [3.05, 3.63) is 65.0 Å². The van der Waals surface area contributed by atoms with Gasteiger partial charge in [0.15, 0.2) is 0 Å². The minimum Gasteiger partial charge on any atom is -0.497 e. The van der Waals surface area contributed by atoms with E-state index in [9.17, 15) is 4.79 Å². The Bertz CT molecular complexity index is 822. The van der Waals surface area contributed by atoms with Gasteiger partial charge in [-0.05, 0) is 49.1 Å². The molecule has 4 heteroatoms. The van der Waals surface area contributed by atoms with E-state index in [0.717, 1.165) is 26.3 Å². The fourth-order valence-corrected chi connectivity index (χ4v) is 3.92. The predicted molar refractivity (Wildman–Crippen MR) is 99.9 cm³/mol. The monoisotopic (exact) mass is 339 g/mol. The molecule has 3 rings (SSSR count). The lowest BCUT2D eigenvalue weighted by atomic mass is 10.1. The Labute approximate surface area is 146 Å². The molecular weight excluding hydrogens is 318 g/mol. The molecule has 0 radical (unpaired) electrons. The Kier molecular flexibility index (Phi) is 4.86. The molecule has 0 N–H and O–H groups in total. The van der Waals surface area contributed by atoms with Gasteiger partial charge in [-0.1, -0.05) is 30.3 Å². The number of rotatable bonds is 5. The maximum atomic E-state index is 13.0. The van der Waals surface area contributed by atoms with Crippen molar-refractivity contribution in [1.29, 1.82) is 0 Å². The molecular formula is C20H21NO2S. The van der Waals surface area contributed by atoms with Gasteiger partial charge < -0.3 is 9.64 Å². The van der Waals surface area contributed by atoms with Gasteiger partial charge in [-0.15, -0.1) is 11.3 Å². The number of benzene rings is 2. The van der Waals surface area contributed by atoms with Crippen molar-refractivity contribution < 1.29 is 9.53 Å². The van der Waals surface area contributed by atoms with Crippen LogP contribution < -0.4 is 4.74 Å². The normalized spacial score (nSPS) is 12.1. The van der Waals surface area contributed by atoms with Crippen molar-refractivity contribution in [1.82, 2.24) is 4.90 Å². The molecule has 1 amide bonds. The van der Waals surface area contributed by atoms with E-state index in [1.54, 1.807) is 18.4 Å². The minimum atomic E-state index is -0.0113. The summed E-state index contributed by atoms with van der Waals surface area (Å²) in [4.78, 5) is 15.7. The first kappa shape index (κ1) is 16.5. The van der Waals surface area contributed by atoms with E-state index in [0.29, 0.717) is 6.54 Å². The highest BCUT2D eigenvalue weighted by atomic mass is 32.1. The number of methoxy groups -OCH3 is 1. The van der Waals surface area contributed by atoms with Crippen molar-refractivity contribution in [2.45, 2.75) is 19.9 Å². The average molecular weight is 339 g/mol. The first-order valence-electron chi connectivity index (χ1n) is 8.07. The van der Waals surface area contributed by atoms with Crippen LogP contribution in [0.15, 0.2) is 54.6 Å². The Morgan fingerprint density at radius 1 is 1.17 bits per heavy atom. The summed E-state index contributed by atoms with van der Waals surface area (Å²) in [5.41, 5.74) is 1.07. The average Bonchev–Trinajstić information content (AvgIpc) is 3.06. The summed E-state index contributed by atoms with van der Waals surface area (Å²) in [6.07, 6.45) is 0. The molecule has 0 fully saturated rings. The van der Waals surface area contributed by atoms with Gasteiger partial charge in [0, 0.05) is 11.2 Å². The molecule has 1 unspecified atom stereocenters. The number of carbonyl (C=O) groups is 1. The third kappa shape index (κ3) is 3.15. The third-order valence-electron chi connectivity index (χ3n) is 4.28. The zero-order valence-corrected chi connectivity index (χ0v) is 15.0. The van der Waals surface area contributed by atoms with Gasteiger partial charge in [0.2, 0.25) is 0 Å². The van der Waals surface area contributed by atoms with Crippen LogP contribution in [0, 0.1) is 0 Å². The highest BCUT2D eigenvalue weighted by Crippen LogP contribution is 2.30. The summed E-state index contributed by atoms with van der Waals surface area (Å²) >= 11 is 1.55. The number of fused-ring (bicyclic) bond motifs is 1. The highest BCUT2D eigenvalue weighted by Gasteiger charge is 2.23. The van der Waals surface area contributed by atoms with Crippen LogP contribution in [0.3, 0.4) is 0 Å². The fraction of sp³-hybridized carbons (Fsp3) is 0.250. The summed E-state index contributed by atoms with van der Waals surface area (Å²) in [6, 6.07) is 18.0. The van der Waals surface area contributed by atoms with E-state index in [1.807, 2.05) is 60.4 Å². The molecule has 2 aromatic carbocycles. The summed E-state index contributed by atoms with van der Waals surface area (Å²) < 4.78 is 6.45. The molecule has 24 heavy (non-hydrogen) atoms. The first-order chi connectivity index (χ1) is 11.6. The minimum absolute atomic E-state index is 0.0113. The number of thiophene rings is 1. The summed E-state index contributed by atoms with van der Waals surface area (Å²) in [7, 11) is 1.66. The number of hydrogen-bond donors (Lipinski definition) is 0. The van der Waals surface area contributed by atoms with Crippen LogP contribution in [0.2, 0.25) is 0 Å². The van der Waals surface area contributed by atoms with Crippen molar-refractivity contribution in [2.24, 2.45) is 0 Å². The van der Waals surface area contributed by atoms with Crippen molar-refractivity contribution in [3.8, 4) is 5.75 Å². The Morgan fingerprint density at radius 2 is 1.96 bits per heavy atom. The molecule has 0 spiro atoms. The molecule has 0 aliphatic heterocycles. The van der Waals surface area contributed by atoms with E-state index in [4.69, 9.17) is 4.74 Å². The molecule has 3 aromatic rings. The fourth-order valence-electron chi connectivity index (χ4n) is 2.90. The smallest absolute Gasteiger partial charge is 0.264 e. The van der Waals surface area contributed by atoms with E-state index < -0.39 is 0 Å². The van der Waals surface area contributed by atoms with Crippen LogP contribution in [-0.2, 0) is 0 Å². The number of amides is 1. The summed E-state index contributed by atoms with van der Waals surface area (Å²) in [5, 5.41) is 1.12. The molecule has 0 saturated carbocycles. The van der Waals surface area contributed by atoms with Gasteiger partial charge in [0.1, 0.15) is 5.75 Å². The second-order valence-electron chi connectivity index (χ2n) is 5.69. The second kappa shape index (κ2) is 7.05. The number of nitrogens with zero attached hydrogens (tertiary/aromatic N) is 1. The standard InChI is InChI=1S/C20H21NO2S/c1-4-21(14(2)15-9-7-10-17(12-15)23-3)20(22)19-13-16-8-5-6-11-18(16)24-19/h5-14H,4H2,1-3H3. The topological polar surface area (TPSA) is 29.5 Å². The van der Waals surface area contributed by atoms with Crippen LogP contribution in [-0.4, -0.2) is 24.5 Å². The van der Waals surface area contributed by atoms with Crippen molar-refractivity contribution in [2.75, 3.05) is 13.7 Å². The van der Waals surface area contributed by atoms with E-state index in [2.05, 4.69) is 13.0 Å². The Hall–Kier alpha value is -2.33. The molecule has 1 atom stereocenters. The first-order valence-corrected chi connectivity index (χ1v) is 8.89. The second-order valence-corrected chi connectivity index (χ2v) is 6.78. The Morgan fingerprint density at radius 3 is 2.67 bits per heavy atom. The zero-order valence-electron chi connectivity index (χ0n) is 14.2. The molecule has 0 aliphatic carbocycles. The van der Waals surface area contributed by atoms with Crippen LogP contribution in [0.1, 0.15) is 35.1 Å². The molecule has 0 aliphatic rings. The van der Waals surface area contributed by atoms with Crippen molar-refractivity contribution in [3.63, 3.8) is 0 Å². The molecule has 3 nitrogen and oxygen atoms in total. The van der Waals surface area contributed by atoms with Crippen LogP contribution in [0.25, 0.3) is 10.1 Å². The van der Waals surface area contributed by atoms with Crippen LogP contribution in [0.4, 0.5) is 0 Å². The van der Waals surface area contributed by atoms with E-state index in [-0.39, 0.29) is 11.9 Å². The van der Waals surface area contributed by atoms with Crippen LogP contribution >= 0.6 is 11.3 Å². The maximum absolute atomic E-state index is 13.0. The van der Waals surface area contributed by atoms with Crippen LogP contribution in [0.5, 0.6) is 5.75 Å². The number of hydrogen-bond acceptors (Lipinski definition) is 3. The summed E-state index contributed by atoms with van der Waals surface area (Å²) in [5.74, 6) is 0.888.